The first-order chi connectivity index (χ1) is 11.4. The van der Waals surface area contributed by atoms with Crippen molar-refractivity contribution in [1.29, 1.82) is 0 Å². The second-order valence-corrected chi connectivity index (χ2v) is 5.11. The van der Waals surface area contributed by atoms with Crippen molar-refractivity contribution in [2.45, 2.75) is 0 Å². The maximum absolute atomic E-state index is 12.2. The average molecular weight is 325 g/mol. The number of carbonyl (C=O) groups is 2. The lowest BCUT2D eigenvalue weighted by Gasteiger charge is -2.11. The lowest BCUT2D eigenvalue weighted by Crippen LogP contribution is -2.11. The molecule has 24 heavy (non-hydrogen) atoms. The van der Waals surface area contributed by atoms with E-state index in [1.54, 1.807) is 24.3 Å². The first-order valence-electron chi connectivity index (χ1n) is 6.89. The van der Waals surface area contributed by atoms with E-state index >= 15 is 0 Å². The quantitative estimate of drug-likeness (QED) is 0.342. The number of hydrogen-bond donors (Lipinski definition) is 1. The number of methoxy groups -OCH3 is 1. The zero-order valence-corrected chi connectivity index (χ0v) is 12.5. The van der Waals surface area contributed by atoms with Crippen molar-refractivity contribution < 1.29 is 24.4 Å². The van der Waals surface area contributed by atoms with Gasteiger partial charge in [-0.2, -0.15) is 0 Å². The number of carboxylic acids is 1. The van der Waals surface area contributed by atoms with Crippen LogP contribution < -0.4 is 0 Å². The lowest BCUT2D eigenvalue weighted by atomic mass is 9.94. The van der Waals surface area contributed by atoms with Gasteiger partial charge in [-0.3, -0.25) is 10.1 Å². The number of carboxylic acid groups (broad SMARTS) is 1. The molecule has 120 valence electrons. The molecule has 0 saturated heterocycles. The number of aromatic carboxylic acids is 1. The monoisotopic (exact) mass is 325 g/mol. The van der Waals surface area contributed by atoms with Crippen molar-refractivity contribution >= 4 is 39.2 Å². The third-order valence-electron chi connectivity index (χ3n) is 3.82. The van der Waals surface area contributed by atoms with Crippen LogP contribution >= 0.6 is 0 Å². The van der Waals surface area contributed by atoms with Crippen molar-refractivity contribution in [3.63, 3.8) is 0 Å². The van der Waals surface area contributed by atoms with Crippen molar-refractivity contribution in [3.05, 3.63) is 63.7 Å². The van der Waals surface area contributed by atoms with E-state index in [1.165, 1.54) is 18.2 Å². The first-order valence-corrected chi connectivity index (χ1v) is 6.89. The number of nitro benzene ring substituents is 1. The number of esters is 1. The highest BCUT2D eigenvalue weighted by atomic mass is 16.6. The molecular weight excluding hydrogens is 314 g/mol. The molecular formula is C17H11NO6. The Balaban J connectivity index is 2.55. The van der Waals surface area contributed by atoms with Crippen molar-refractivity contribution in [3.8, 4) is 0 Å². The van der Waals surface area contributed by atoms with Crippen molar-refractivity contribution in [2.75, 3.05) is 7.11 Å². The zero-order valence-electron chi connectivity index (χ0n) is 12.5. The van der Waals surface area contributed by atoms with Gasteiger partial charge in [0.05, 0.1) is 23.2 Å². The summed E-state index contributed by atoms with van der Waals surface area (Å²) in [7, 11) is 1.15. The van der Waals surface area contributed by atoms with E-state index in [4.69, 9.17) is 4.74 Å². The van der Waals surface area contributed by atoms with Gasteiger partial charge in [-0.25, -0.2) is 9.59 Å². The highest BCUT2D eigenvalue weighted by Gasteiger charge is 2.22. The summed E-state index contributed by atoms with van der Waals surface area (Å²) in [5.41, 5.74) is -0.478. The smallest absolute Gasteiger partial charge is 0.339 e. The molecule has 7 nitrogen and oxygen atoms in total. The number of carbonyl (C=O) groups excluding carboxylic acids is 1. The summed E-state index contributed by atoms with van der Waals surface area (Å²) in [4.78, 5) is 34.2. The Morgan fingerprint density at radius 2 is 1.71 bits per heavy atom. The van der Waals surface area contributed by atoms with E-state index in [1.807, 2.05) is 0 Å². The fourth-order valence-electron chi connectivity index (χ4n) is 2.74. The second-order valence-electron chi connectivity index (χ2n) is 5.11. The topological polar surface area (TPSA) is 107 Å². The average Bonchev–Trinajstić information content (AvgIpc) is 2.58. The third-order valence-corrected chi connectivity index (χ3v) is 3.82. The predicted molar refractivity (Wildman–Crippen MR) is 86.4 cm³/mol. The Kier molecular flexibility index (Phi) is 3.61. The molecule has 3 aromatic rings. The number of fused-ring (bicyclic) bond motifs is 3. The Bertz CT molecular complexity index is 1020. The molecule has 0 bridgehead atoms. The molecule has 0 unspecified atom stereocenters. The SMILES string of the molecule is COC(=O)c1c(C(=O)O)ccc2ccc3ccc([N+](=O)[O-])cc3c12. The molecule has 0 heterocycles. The van der Waals surface area contributed by atoms with Gasteiger partial charge in [0.15, 0.2) is 0 Å². The fourth-order valence-corrected chi connectivity index (χ4v) is 2.74. The molecule has 3 aromatic carbocycles. The largest absolute Gasteiger partial charge is 0.478 e. The zero-order chi connectivity index (χ0) is 17.4. The van der Waals surface area contributed by atoms with Crippen LogP contribution in [0.5, 0.6) is 0 Å². The number of benzene rings is 3. The van der Waals surface area contributed by atoms with Crippen LogP contribution in [0.4, 0.5) is 5.69 Å². The number of nitrogens with zero attached hydrogens (tertiary/aromatic N) is 1. The molecule has 0 radical (unpaired) electrons. The summed E-state index contributed by atoms with van der Waals surface area (Å²) in [5, 5.41) is 22.4. The van der Waals surface area contributed by atoms with Gasteiger partial charge in [-0.15, -0.1) is 0 Å². The lowest BCUT2D eigenvalue weighted by molar-refractivity contribution is -0.384. The van der Waals surface area contributed by atoms with E-state index in [2.05, 4.69) is 0 Å². The minimum atomic E-state index is -1.28. The van der Waals surface area contributed by atoms with Crippen LogP contribution in [0.3, 0.4) is 0 Å². The molecule has 0 aromatic heterocycles. The molecule has 3 rings (SSSR count). The summed E-state index contributed by atoms with van der Waals surface area (Å²) in [6.45, 7) is 0. The molecule has 0 spiro atoms. The summed E-state index contributed by atoms with van der Waals surface area (Å²) in [5.74, 6) is -2.09. The Morgan fingerprint density at radius 3 is 2.33 bits per heavy atom. The van der Waals surface area contributed by atoms with Gasteiger partial charge in [0.25, 0.3) is 5.69 Å². The van der Waals surface area contributed by atoms with Crippen LogP contribution in [-0.2, 0) is 4.74 Å². The third kappa shape index (κ3) is 2.32. The van der Waals surface area contributed by atoms with Crippen LogP contribution in [0.2, 0.25) is 0 Å². The van der Waals surface area contributed by atoms with Crippen molar-refractivity contribution in [2.24, 2.45) is 0 Å². The molecule has 0 aliphatic heterocycles. The summed E-state index contributed by atoms with van der Waals surface area (Å²) in [6, 6.07) is 10.6. The molecule has 0 atom stereocenters. The minimum Gasteiger partial charge on any atom is -0.478 e. The van der Waals surface area contributed by atoms with E-state index in [0.717, 1.165) is 7.11 Å². The van der Waals surface area contributed by atoms with Crippen LogP contribution in [0.15, 0.2) is 42.5 Å². The molecule has 1 N–H and O–H groups in total. The van der Waals surface area contributed by atoms with Crippen LogP contribution in [0, 0.1) is 10.1 Å². The summed E-state index contributed by atoms with van der Waals surface area (Å²) >= 11 is 0. The number of non-ortho nitro benzene ring substituents is 1. The Morgan fingerprint density at radius 1 is 1.08 bits per heavy atom. The fraction of sp³-hybridized carbons (Fsp3) is 0.0588. The number of hydrogen-bond acceptors (Lipinski definition) is 5. The molecule has 0 fully saturated rings. The molecule has 0 aliphatic carbocycles. The molecule has 0 saturated carbocycles. The van der Waals surface area contributed by atoms with Crippen LogP contribution in [0.25, 0.3) is 21.5 Å². The van der Waals surface area contributed by atoms with Gasteiger partial charge in [-0.1, -0.05) is 18.2 Å². The van der Waals surface area contributed by atoms with Gasteiger partial charge in [0.1, 0.15) is 0 Å². The standard InChI is InChI=1S/C17H11NO6/c1-24-17(21)15-12(16(19)20)7-5-10-3-2-9-4-6-11(18(22)23)8-13(9)14(10)15/h2-8H,1H3,(H,19,20). The van der Waals surface area contributed by atoms with E-state index in [9.17, 15) is 24.8 Å². The number of ether oxygens (including phenoxy) is 1. The van der Waals surface area contributed by atoms with E-state index < -0.39 is 16.9 Å². The predicted octanol–water partition coefficient (Wildman–Crippen LogP) is 3.39. The van der Waals surface area contributed by atoms with Crippen LogP contribution in [0.1, 0.15) is 20.7 Å². The van der Waals surface area contributed by atoms with Gasteiger partial charge in [0.2, 0.25) is 0 Å². The molecule has 7 heteroatoms. The normalized spacial score (nSPS) is 10.7. The Labute approximate surface area is 135 Å². The van der Waals surface area contributed by atoms with Gasteiger partial charge < -0.3 is 9.84 Å². The minimum absolute atomic E-state index is 0.117. The number of rotatable bonds is 3. The number of nitro groups is 1. The van der Waals surface area contributed by atoms with Gasteiger partial charge in [-0.05, 0) is 28.3 Å². The van der Waals surface area contributed by atoms with Crippen molar-refractivity contribution in [1.82, 2.24) is 0 Å². The first kappa shape index (κ1) is 15.4. The maximum atomic E-state index is 12.2. The van der Waals surface area contributed by atoms with Gasteiger partial charge in [0, 0.05) is 17.5 Å². The maximum Gasteiger partial charge on any atom is 0.339 e. The van der Waals surface area contributed by atoms with E-state index in [-0.39, 0.29) is 16.8 Å². The molecule has 0 amide bonds. The molecule has 0 aliphatic rings. The summed E-state index contributed by atoms with van der Waals surface area (Å²) < 4.78 is 4.73. The highest BCUT2D eigenvalue weighted by molar-refractivity contribution is 6.20. The van der Waals surface area contributed by atoms with Crippen LogP contribution in [-0.4, -0.2) is 29.1 Å². The van der Waals surface area contributed by atoms with Gasteiger partial charge >= 0.3 is 11.9 Å². The Hall–Kier alpha value is -3.48. The highest BCUT2D eigenvalue weighted by Crippen LogP contribution is 2.33. The van der Waals surface area contributed by atoms with E-state index in [0.29, 0.717) is 21.5 Å². The second kappa shape index (κ2) is 5.62. The summed E-state index contributed by atoms with van der Waals surface area (Å²) in [6.07, 6.45) is 0.